The number of fused-ring (bicyclic) bond motifs is 1. The maximum atomic E-state index is 13.9. The van der Waals surface area contributed by atoms with Crippen LogP contribution in [-0.2, 0) is 16.1 Å². The number of carbonyl (C=O) groups is 1. The standard InChI is InChI=1S/C30H30ClFN2O3/c1-3-25(26-12-11-24(32)18-27(26)31)30(21-8-5-20(6-9-21)7-14-29(36)37-4-2)22-10-13-28-23(17-22)19-33-34(28)15-16-35/h5-14,17-18,33,35H,3-4,15-16,19H2,1-2H3/b14-7+,30-25+. The number of nitrogens with one attached hydrogen (secondary N) is 1. The molecule has 0 aromatic heterocycles. The van der Waals surface area contributed by atoms with Crippen molar-refractivity contribution >= 4 is 40.5 Å². The Morgan fingerprint density at radius 3 is 2.54 bits per heavy atom. The monoisotopic (exact) mass is 520 g/mol. The van der Waals surface area contributed by atoms with Crippen LogP contribution in [0.5, 0.6) is 0 Å². The molecule has 4 rings (SSSR count). The van der Waals surface area contributed by atoms with E-state index in [1.165, 1.54) is 18.2 Å². The van der Waals surface area contributed by atoms with E-state index in [2.05, 4.69) is 30.5 Å². The summed E-state index contributed by atoms with van der Waals surface area (Å²) in [6, 6.07) is 18.7. The summed E-state index contributed by atoms with van der Waals surface area (Å²) >= 11 is 6.52. The van der Waals surface area contributed by atoms with Crippen molar-refractivity contribution in [2.24, 2.45) is 0 Å². The van der Waals surface area contributed by atoms with E-state index < -0.39 is 0 Å². The van der Waals surface area contributed by atoms with Crippen molar-refractivity contribution in [3.63, 3.8) is 0 Å². The van der Waals surface area contributed by atoms with Gasteiger partial charge in [0.25, 0.3) is 0 Å². The van der Waals surface area contributed by atoms with E-state index in [9.17, 15) is 14.3 Å². The maximum Gasteiger partial charge on any atom is 0.330 e. The van der Waals surface area contributed by atoms with E-state index in [0.29, 0.717) is 31.1 Å². The number of hydrazine groups is 1. The molecule has 0 fully saturated rings. The van der Waals surface area contributed by atoms with Crippen LogP contribution in [0.25, 0.3) is 17.2 Å². The van der Waals surface area contributed by atoms with Crippen LogP contribution in [0.4, 0.5) is 10.1 Å². The number of hydrogen-bond donors (Lipinski definition) is 2. The molecule has 2 N–H and O–H groups in total. The third kappa shape index (κ3) is 6.10. The number of nitrogens with zero attached hydrogens (tertiary/aromatic N) is 1. The van der Waals surface area contributed by atoms with Crippen LogP contribution in [0.3, 0.4) is 0 Å². The van der Waals surface area contributed by atoms with Crippen LogP contribution in [-0.4, -0.2) is 30.8 Å². The summed E-state index contributed by atoms with van der Waals surface area (Å²) < 4.78 is 18.8. The minimum absolute atomic E-state index is 0.0549. The summed E-state index contributed by atoms with van der Waals surface area (Å²) in [5.41, 5.74) is 11.1. The molecule has 1 aliphatic rings. The van der Waals surface area contributed by atoms with Gasteiger partial charge in [-0.1, -0.05) is 54.9 Å². The Labute approximate surface area is 221 Å². The molecule has 0 unspecified atom stereocenters. The van der Waals surface area contributed by atoms with Gasteiger partial charge < -0.3 is 14.9 Å². The fourth-order valence-corrected chi connectivity index (χ4v) is 4.86. The number of aliphatic hydroxyl groups excluding tert-OH is 1. The van der Waals surface area contributed by atoms with Gasteiger partial charge in [0, 0.05) is 12.6 Å². The molecule has 0 bridgehead atoms. The van der Waals surface area contributed by atoms with E-state index in [1.54, 1.807) is 19.1 Å². The summed E-state index contributed by atoms with van der Waals surface area (Å²) in [4.78, 5) is 11.7. The molecule has 0 radical (unpaired) electrons. The van der Waals surface area contributed by atoms with E-state index in [4.69, 9.17) is 16.3 Å². The van der Waals surface area contributed by atoms with Gasteiger partial charge >= 0.3 is 5.97 Å². The number of aliphatic hydroxyl groups is 1. The molecule has 3 aromatic carbocycles. The Kier molecular flexibility index (Phi) is 8.77. The van der Waals surface area contributed by atoms with Crippen molar-refractivity contribution in [2.45, 2.75) is 26.8 Å². The van der Waals surface area contributed by atoms with Gasteiger partial charge in [-0.2, -0.15) is 0 Å². The van der Waals surface area contributed by atoms with Crippen molar-refractivity contribution < 1.29 is 19.0 Å². The second-order valence-electron chi connectivity index (χ2n) is 8.59. The van der Waals surface area contributed by atoms with Crippen LogP contribution in [0.15, 0.2) is 66.7 Å². The Hall–Kier alpha value is -3.45. The first-order valence-electron chi connectivity index (χ1n) is 12.3. The Morgan fingerprint density at radius 1 is 1.11 bits per heavy atom. The first-order valence-corrected chi connectivity index (χ1v) is 12.7. The number of rotatable bonds is 9. The van der Waals surface area contributed by atoms with Crippen LogP contribution in [0.1, 0.15) is 48.1 Å². The average Bonchev–Trinajstić information content (AvgIpc) is 3.29. The minimum Gasteiger partial charge on any atom is -0.463 e. The summed E-state index contributed by atoms with van der Waals surface area (Å²) in [6.07, 6.45) is 3.81. The lowest BCUT2D eigenvalue weighted by Crippen LogP contribution is -2.34. The Bertz CT molecular complexity index is 1340. The van der Waals surface area contributed by atoms with E-state index >= 15 is 0 Å². The van der Waals surface area contributed by atoms with Gasteiger partial charge in [0.15, 0.2) is 0 Å². The number of esters is 1. The lowest BCUT2D eigenvalue weighted by Gasteiger charge is -2.20. The number of hydrogen-bond acceptors (Lipinski definition) is 5. The molecule has 0 aliphatic carbocycles. The van der Waals surface area contributed by atoms with Crippen molar-refractivity contribution in [3.05, 3.63) is 105 Å². The van der Waals surface area contributed by atoms with E-state index in [-0.39, 0.29) is 18.4 Å². The molecule has 7 heteroatoms. The molecule has 5 nitrogen and oxygen atoms in total. The predicted molar refractivity (Wildman–Crippen MR) is 147 cm³/mol. The quantitative estimate of drug-likeness (QED) is 0.199. The first kappa shape index (κ1) is 26.6. The fourth-order valence-electron chi connectivity index (χ4n) is 4.58. The number of benzene rings is 3. The lowest BCUT2D eigenvalue weighted by molar-refractivity contribution is -0.137. The fraction of sp³-hybridized carbons (Fsp3) is 0.233. The number of halogens is 2. The van der Waals surface area contributed by atoms with Crippen LogP contribution in [0, 0.1) is 5.82 Å². The highest BCUT2D eigenvalue weighted by Gasteiger charge is 2.21. The minimum atomic E-state index is -0.381. The summed E-state index contributed by atoms with van der Waals surface area (Å²) in [5.74, 6) is -0.760. The Morgan fingerprint density at radius 2 is 1.86 bits per heavy atom. The van der Waals surface area contributed by atoms with Crippen molar-refractivity contribution in [1.82, 2.24) is 5.43 Å². The van der Waals surface area contributed by atoms with Gasteiger partial charge in [-0.3, -0.25) is 0 Å². The molecule has 192 valence electrons. The van der Waals surface area contributed by atoms with E-state index in [1.807, 2.05) is 29.3 Å². The second-order valence-corrected chi connectivity index (χ2v) is 9.00. The normalized spacial score (nSPS) is 13.6. The summed E-state index contributed by atoms with van der Waals surface area (Å²) in [7, 11) is 0. The summed E-state index contributed by atoms with van der Waals surface area (Å²) in [5, 5.41) is 11.7. The smallest absolute Gasteiger partial charge is 0.330 e. The average molecular weight is 521 g/mol. The molecular weight excluding hydrogens is 491 g/mol. The third-order valence-electron chi connectivity index (χ3n) is 6.25. The number of β-amino-alcohol motifs (C(OH)–C–C–N with tert-alkyl or cyclic N) is 1. The number of carbonyl (C=O) groups excluding carboxylic acids is 1. The topological polar surface area (TPSA) is 61.8 Å². The SMILES string of the molecule is CCOC(=O)/C=C/c1ccc(/C(=C(/CC)c2ccc(F)cc2Cl)c2ccc3c(c2)CNN3CCO)cc1. The molecule has 0 spiro atoms. The van der Waals surface area contributed by atoms with Gasteiger partial charge in [0.05, 0.1) is 30.5 Å². The highest BCUT2D eigenvalue weighted by Crippen LogP contribution is 2.39. The molecule has 1 aliphatic heterocycles. The van der Waals surface area contributed by atoms with Crippen LogP contribution < -0.4 is 10.4 Å². The van der Waals surface area contributed by atoms with E-state index in [0.717, 1.165) is 44.7 Å². The van der Waals surface area contributed by atoms with Gasteiger partial charge in [-0.05, 0) is 82.6 Å². The third-order valence-corrected chi connectivity index (χ3v) is 6.57. The molecular formula is C30H30ClFN2O3. The highest BCUT2D eigenvalue weighted by atomic mass is 35.5. The summed E-state index contributed by atoms with van der Waals surface area (Å²) in [6.45, 7) is 5.37. The molecule has 0 saturated carbocycles. The highest BCUT2D eigenvalue weighted by molar-refractivity contribution is 6.32. The van der Waals surface area contributed by atoms with Crippen LogP contribution in [0.2, 0.25) is 5.02 Å². The number of allylic oxidation sites excluding steroid dienone is 1. The first-order chi connectivity index (χ1) is 17.9. The molecule has 3 aromatic rings. The van der Waals surface area contributed by atoms with Crippen LogP contribution >= 0.6 is 11.6 Å². The predicted octanol–water partition coefficient (Wildman–Crippen LogP) is 6.24. The number of anilines is 1. The molecule has 37 heavy (non-hydrogen) atoms. The van der Waals surface area contributed by atoms with Gasteiger partial charge in [-0.15, -0.1) is 0 Å². The number of ether oxygens (including phenoxy) is 1. The van der Waals surface area contributed by atoms with Gasteiger partial charge in [0.1, 0.15) is 5.82 Å². The zero-order valence-electron chi connectivity index (χ0n) is 20.9. The Balaban J connectivity index is 1.82. The lowest BCUT2D eigenvalue weighted by atomic mass is 9.87. The van der Waals surface area contributed by atoms with Gasteiger partial charge in [-0.25, -0.2) is 14.6 Å². The zero-order chi connectivity index (χ0) is 26.4. The van der Waals surface area contributed by atoms with Crippen molar-refractivity contribution in [1.29, 1.82) is 0 Å². The largest absolute Gasteiger partial charge is 0.463 e. The molecule has 0 amide bonds. The van der Waals surface area contributed by atoms with Gasteiger partial charge in [0.2, 0.25) is 0 Å². The maximum absolute atomic E-state index is 13.9. The van der Waals surface area contributed by atoms with Crippen molar-refractivity contribution in [3.8, 4) is 0 Å². The zero-order valence-corrected chi connectivity index (χ0v) is 21.7. The second kappa shape index (κ2) is 12.2. The molecule has 1 heterocycles. The molecule has 0 atom stereocenters. The van der Waals surface area contributed by atoms with Crippen molar-refractivity contribution in [2.75, 3.05) is 24.8 Å². The molecule has 0 saturated heterocycles.